The van der Waals surface area contributed by atoms with Crippen LogP contribution in [0.3, 0.4) is 0 Å². The Labute approximate surface area is 172 Å². The molecule has 0 aliphatic rings. The minimum atomic E-state index is -3.88. The second-order valence-electron chi connectivity index (χ2n) is 6.53. The predicted molar refractivity (Wildman–Crippen MR) is 109 cm³/mol. The van der Waals surface area contributed by atoms with Gasteiger partial charge in [0.05, 0.1) is 10.5 Å². The summed E-state index contributed by atoms with van der Waals surface area (Å²) in [5.74, 6) is -1.96. The van der Waals surface area contributed by atoms with Crippen LogP contribution in [0.15, 0.2) is 56.6 Å². The number of esters is 1. The van der Waals surface area contributed by atoms with Crippen molar-refractivity contribution >= 4 is 27.0 Å². The highest BCUT2D eigenvalue weighted by atomic mass is 32.2. The Balaban J connectivity index is 1.96. The van der Waals surface area contributed by atoms with E-state index in [1.54, 1.807) is 26.8 Å². The molecule has 0 amide bonds. The zero-order valence-electron chi connectivity index (χ0n) is 16.6. The summed E-state index contributed by atoms with van der Waals surface area (Å²) in [7, 11) is -3.88. The third-order valence-electron chi connectivity index (χ3n) is 4.63. The van der Waals surface area contributed by atoms with Gasteiger partial charge in [0.25, 0.3) is 0 Å². The number of carbonyl (C=O) groups is 1. The van der Waals surface area contributed by atoms with Crippen molar-refractivity contribution < 1.29 is 26.8 Å². The van der Waals surface area contributed by atoms with E-state index < -0.39 is 33.0 Å². The number of nitrogens with zero attached hydrogens (tertiary/aromatic N) is 1. The fraction of sp³-hybridized carbons (Fsp3) is 0.238. The molecule has 0 atom stereocenters. The predicted octanol–water partition coefficient (Wildman–Crippen LogP) is 3.49. The van der Waals surface area contributed by atoms with Gasteiger partial charge in [0.1, 0.15) is 17.1 Å². The highest BCUT2D eigenvalue weighted by Gasteiger charge is 2.25. The number of benzene rings is 2. The number of ether oxygens (including phenoxy) is 1. The van der Waals surface area contributed by atoms with Crippen LogP contribution in [0.4, 0.5) is 4.39 Å². The number of aryl methyl sites for hydroxylation is 1. The van der Waals surface area contributed by atoms with Gasteiger partial charge in [0.15, 0.2) is 0 Å². The molecule has 0 aliphatic carbocycles. The summed E-state index contributed by atoms with van der Waals surface area (Å²) in [4.78, 5) is 23.9. The van der Waals surface area contributed by atoms with Crippen LogP contribution in [0.1, 0.15) is 29.8 Å². The van der Waals surface area contributed by atoms with Gasteiger partial charge in [-0.05, 0) is 42.8 Å². The van der Waals surface area contributed by atoms with E-state index in [9.17, 15) is 22.4 Å². The van der Waals surface area contributed by atoms with Crippen molar-refractivity contribution in [2.45, 2.75) is 25.7 Å². The van der Waals surface area contributed by atoms with Crippen molar-refractivity contribution in [3.8, 4) is 5.75 Å². The molecular formula is C21H20FNO6S. The first-order valence-electron chi connectivity index (χ1n) is 9.23. The molecule has 0 bridgehead atoms. The Bertz CT molecular complexity index is 1280. The Morgan fingerprint density at radius 3 is 2.47 bits per heavy atom. The molecule has 0 N–H and O–H groups in total. The first kappa shape index (κ1) is 21.7. The van der Waals surface area contributed by atoms with E-state index in [0.717, 1.165) is 18.2 Å². The lowest BCUT2D eigenvalue weighted by molar-refractivity contribution is 0.0729. The molecule has 3 aromatic rings. The molecule has 0 saturated heterocycles. The minimum absolute atomic E-state index is 0.0256. The smallest absolute Gasteiger partial charge is 0.346 e. The average Bonchev–Trinajstić information content (AvgIpc) is 2.68. The van der Waals surface area contributed by atoms with Crippen LogP contribution in [0.5, 0.6) is 5.75 Å². The van der Waals surface area contributed by atoms with Gasteiger partial charge in [0.2, 0.25) is 10.0 Å². The van der Waals surface area contributed by atoms with E-state index in [1.807, 2.05) is 0 Å². The second kappa shape index (κ2) is 8.37. The average molecular weight is 433 g/mol. The maximum atomic E-state index is 14.3. The lowest BCUT2D eigenvalue weighted by Gasteiger charge is -2.18. The summed E-state index contributed by atoms with van der Waals surface area (Å²) in [5.41, 5.74) is -0.166. The van der Waals surface area contributed by atoms with Crippen molar-refractivity contribution in [3.63, 3.8) is 0 Å². The lowest BCUT2D eigenvalue weighted by atomic mass is 10.1. The fourth-order valence-electron chi connectivity index (χ4n) is 3.06. The Morgan fingerprint density at radius 1 is 1.10 bits per heavy atom. The van der Waals surface area contributed by atoms with Crippen molar-refractivity contribution in [1.82, 2.24) is 4.31 Å². The number of hydrogen-bond acceptors (Lipinski definition) is 6. The standard InChI is InChI=1S/C21H20FNO6S/c1-4-23(5-2)30(26,27)15-7-9-18(22)17(12-15)21(25)28-14-6-8-16-13(3)10-20(24)29-19(16)11-14/h6-12H,4-5H2,1-3H3. The molecule has 158 valence electrons. The van der Waals surface area contributed by atoms with Crippen LogP contribution in [0.2, 0.25) is 0 Å². The number of halogens is 1. The highest BCUT2D eigenvalue weighted by molar-refractivity contribution is 7.89. The monoisotopic (exact) mass is 433 g/mol. The summed E-state index contributed by atoms with van der Waals surface area (Å²) in [6, 6.07) is 8.73. The molecule has 7 nitrogen and oxygen atoms in total. The largest absolute Gasteiger partial charge is 0.423 e. The lowest BCUT2D eigenvalue weighted by Crippen LogP contribution is -2.30. The normalized spacial score (nSPS) is 11.8. The third-order valence-corrected chi connectivity index (χ3v) is 6.68. The number of fused-ring (bicyclic) bond motifs is 1. The van der Waals surface area contributed by atoms with Gasteiger partial charge < -0.3 is 9.15 Å². The van der Waals surface area contributed by atoms with Crippen LogP contribution in [-0.2, 0) is 10.0 Å². The maximum absolute atomic E-state index is 14.3. The van der Waals surface area contributed by atoms with Crippen LogP contribution in [0, 0.1) is 12.7 Å². The van der Waals surface area contributed by atoms with E-state index in [4.69, 9.17) is 9.15 Å². The van der Waals surface area contributed by atoms with E-state index in [-0.39, 0.29) is 29.3 Å². The molecular weight excluding hydrogens is 413 g/mol. The molecule has 9 heteroatoms. The molecule has 0 spiro atoms. The molecule has 3 rings (SSSR count). The van der Waals surface area contributed by atoms with E-state index in [1.165, 1.54) is 22.5 Å². The molecule has 0 unspecified atom stereocenters. The Kier molecular flexibility index (Phi) is 6.04. The minimum Gasteiger partial charge on any atom is -0.423 e. The molecule has 2 aromatic carbocycles. The van der Waals surface area contributed by atoms with E-state index >= 15 is 0 Å². The van der Waals surface area contributed by atoms with Gasteiger partial charge >= 0.3 is 11.6 Å². The first-order chi connectivity index (χ1) is 14.2. The zero-order chi connectivity index (χ0) is 22.1. The summed E-state index contributed by atoms with van der Waals surface area (Å²) in [6.45, 7) is 5.57. The second-order valence-corrected chi connectivity index (χ2v) is 8.46. The van der Waals surface area contributed by atoms with Crippen LogP contribution in [-0.4, -0.2) is 31.8 Å². The summed E-state index contributed by atoms with van der Waals surface area (Å²) in [6.07, 6.45) is 0. The number of rotatable bonds is 6. The van der Waals surface area contributed by atoms with Crippen LogP contribution < -0.4 is 10.4 Å². The van der Waals surface area contributed by atoms with Gasteiger partial charge in [-0.15, -0.1) is 0 Å². The Hall–Kier alpha value is -3.04. The summed E-state index contributed by atoms with van der Waals surface area (Å²) < 4.78 is 51.1. The fourth-order valence-corrected chi connectivity index (χ4v) is 4.55. The summed E-state index contributed by atoms with van der Waals surface area (Å²) >= 11 is 0. The van der Waals surface area contributed by atoms with E-state index in [0.29, 0.717) is 10.9 Å². The Morgan fingerprint density at radius 2 is 1.80 bits per heavy atom. The van der Waals surface area contributed by atoms with Crippen LogP contribution >= 0.6 is 0 Å². The van der Waals surface area contributed by atoms with Gasteiger partial charge in [0, 0.05) is 30.6 Å². The van der Waals surface area contributed by atoms with Crippen molar-refractivity contribution in [1.29, 1.82) is 0 Å². The SMILES string of the molecule is CCN(CC)S(=O)(=O)c1ccc(F)c(C(=O)Oc2ccc3c(C)cc(=O)oc3c2)c1. The van der Waals surface area contributed by atoms with Crippen LogP contribution in [0.25, 0.3) is 11.0 Å². The molecule has 1 aromatic heterocycles. The number of sulfonamides is 1. The van der Waals surface area contributed by atoms with Gasteiger partial charge in [-0.25, -0.2) is 22.4 Å². The maximum Gasteiger partial charge on any atom is 0.346 e. The zero-order valence-corrected chi connectivity index (χ0v) is 17.5. The molecule has 1 heterocycles. The molecule has 30 heavy (non-hydrogen) atoms. The van der Waals surface area contributed by atoms with Gasteiger partial charge in [-0.2, -0.15) is 4.31 Å². The van der Waals surface area contributed by atoms with Gasteiger partial charge in [-0.1, -0.05) is 13.8 Å². The topological polar surface area (TPSA) is 93.9 Å². The van der Waals surface area contributed by atoms with Crippen molar-refractivity contribution in [3.05, 3.63) is 69.8 Å². The molecule has 0 fully saturated rings. The van der Waals surface area contributed by atoms with Crippen molar-refractivity contribution in [2.24, 2.45) is 0 Å². The number of hydrogen-bond donors (Lipinski definition) is 0. The highest BCUT2D eigenvalue weighted by Crippen LogP contribution is 2.24. The van der Waals surface area contributed by atoms with Gasteiger partial charge in [-0.3, -0.25) is 0 Å². The summed E-state index contributed by atoms with van der Waals surface area (Å²) in [5, 5.41) is 0.660. The molecule has 0 radical (unpaired) electrons. The van der Waals surface area contributed by atoms with E-state index in [2.05, 4.69) is 0 Å². The molecule has 0 saturated carbocycles. The third kappa shape index (κ3) is 4.12. The first-order valence-corrected chi connectivity index (χ1v) is 10.7. The quantitative estimate of drug-likeness (QED) is 0.336. The van der Waals surface area contributed by atoms with Crippen molar-refractivity contribution in [2.75, 3.05) is 13.1 Å². The molecule has 0 aliphatic heterocycles. The number of carbonyl (C=O) groups excluding carboxylic acids is 1.